The molecule has 7 nitrogen and oxygen atoms in total. The Morgan fingerprint density at radius 2 is 1.84 bits per heavy atom. The number of carbonyl (C=O) groups is 1. The molecule has 2 aromatic carbocycles. The molecule has 0 bridgehead atoms. The van der Waals surface area contributed by atoms with Gasteiger partial charge >= 0.3 is 6.01 Å². The number of anilines is 2. The van der Waals surface area contributed by atoms with E-state index in [0.29, 0.717) is 10.0 Å². The van der Waals surface area contributed by atoms with Gasteiger partial charge in [0.1, 0.15) is 6.42 Å². The summed E-state index contributed by atoms with van der Waals surface area (Å²) in [5.41, 5.74) is 1.97. The van der Waals surface area contributed by atoms with Crippen LogP contribution in [0.3, 0.4) is 0 Å². The van der Waals surface area contributed by atoms with Gasteiger partial charge in [0.25, 0.3) is 0 Å². The zero-order valence-corrected chi connectivity index (χ0v) is 18.4. The molecule has 31 heavy (non-hydrogen) atoms. The van der Waals surface area contributed by atoms with Gasteiger partial charge in [0.05, 0.1) is 10.0 Å². The molecule has 0 atom stereocenters. The number of para-hydroxylation sites is 1. The zero-order chi connectivity index (χ0) is 21.6. The number of halogens is 2. The quantitative estimate of drug-likeness (QED) is 0.543. The van der Waals surface area contributed by atoms with E-state index in [0.717, 1.165) is 43.7 Å². The Bertz CT molecular complexity index is 1020. The number of nitrogens with zero attached hydrogens (tertiary/aromatic N) is 3. The van der Waals surface area contributed by atoms with Crippen molar-refractivity contribution in [3.05, 3.63) is 70.0 Å². The predicted octanol–water partition coefficient (Wildman–Crippen LogP) is 4.44. The van der Waals surface area contributed by atoms with Crippen LogP contribution < -0.4 is 10.6 Å². The molecule has 162 valence electrons. The minimum atomic E-state index is -0.113. The van der Waals surface area contributed by atoms with Gasteiger partial charge in [-0.3, -0.25) is 9.69 Å². The van der Waals surface area contributed by atoms with E-state index in [4.69, 9.17) is 27.6 Å². The van der Waals surface area contributed by atoms with Gasteiger partial charge in [-0.2, -0.15) is 0 Å². The standard InChI is InChI=1S/C22H23Cl2N5O2/c23-18-7-6-15(12-19(18)24)14-29-10-8-17(9-11-29)25-20(30)13-21-27-28-22(31-21)26-16-4-2-1-3-5-16/h1-7,12,17H,8-11,13-14H2,(H,25,30)(H,26,28). The van der Waals surface area contributed by atoms with Crippen molar-refractivity contribution in [3.63, 3.8) is 0 Å². The van der Waals surface area contributed by atoms with Crippen LogP contribution in [0.2, 0.25) is 10.0 Å². The van der Waals surface area contributed by atoms with Crippen LogP contribution in [0.4, 0.5) is 11.7 Å². The maximum Gasteiger partial charge on any atom is 0.320 e. The topological polar surface area (TPSA) is 83.3 Å². The van der Waals surface area contributed by atoms with Gasteiger partial charge in [0.15, 0.2) is 0 Å². The fourth-order valence-corrected chi connectivity index (χ4v) is 3.89. The van der Waals surface area contributed by atoms with Crippen molar-refractivity contribution in [3.8, 4) is 0 Å². The maximum atomic E-state index is 12.4. The van der Waals surface area contributed by atoms with Crippen LogP contribution in [0.1, 0.15) is 24.3 Å². The number of nitrogens with one attached hydrogen (secondary N) is 2. The van der Waals surface area contributed by atoms with Crippen molar-refractivity contribution in [2.45, 2.75) is 31.8 Å². The van der Waals surface area contributed by atoms with Gasteiger partial charge in [-0.25, -0.2) is 0 Å². The second-order valence-electron chi connectivity index (χ2n) is 7.54. The average molecular weight is 460 g/mol. The van der Waals surface area contributed by atoms with Crippen LogP contribution in [0.5, 0.6) is 0 Å². The van der Waals surface area contributed by atoms with Crippen LogP contribution in [-0.2, 0) is 17.8 Å². The average Bonchev–Trinajstić information content (AvgIpc) is 3.19. The summed E-state index contributed by atoms with van der Waals surface area (Å²) in [5, 5.41) is 15.1. The predicted molar refractivity (Wildman–Crippen MR) is 121 cm³/mol. The van der Waals surface area contributed by atoms with E-state index in [2.05, 4.69) is 25.7 Å². The SMILES string of the molecule is O=C(Cc1nnc(Nc2ccccc2)o1)NC1CCN(Cc2ccc(Cl)c(Cl)c2)CC1. The third-order valence-corrected chi connectivity index (χ3v) is 5.89. The number of carbonyl (C=O) groups excluding carboxylic acids is 1. The summed E-state index contributed by atoms with van der Waals surface area (Å²) in [6, 6.07) is 15.7. The smallest absolute Gasteiger partial charge is 0.320 e. The van der Waals surface area contributed by atoms with Crippen molar-refractivity contribution >= 4 is 40.8 Å². The van der Waals surface area contributed by atoms with Crippen LogP contribution in [0.25, 0.3) is 0 Å². The lowest BCUT2D eigenvalue weighted by atomic mass is 10.0. The minimum Gasteiger partial charge on any atom is -0.407 e. The maximum absolute atomic E-state index is 12.4. The van der Waals surface area contributed by atoms with Crippen molar-refractivity contribution in [2.75, 3.05) is 18.4 Å². The highest BCUT2D eigenvalue weighted by molar-refractivity contribution is 6.42. The number of benzene rings is 2. The van der Waals surface area contributed by atoms with Crippen LogP contribution in [0, 0.1) is 0 Å². The van der Waals surface area contributed by atoms with Crippen LogP contribution >= 0.6 is 23.2 Å². The molecule has 4 rings (SSSR count). The molecule has 2 N–H and O–H groups in total. The number of hydrogen-bond donors (Lipinski definition) is 2. The minimum absolute atomic E-state index is 0.0625. The second kappa shape index (κ2) is 10.1. The van der Waals surface area contributed by atoms with Gasteiger partial charge in [-0.05, 0) is 42.7 Å². The van der Waals surface area contributed by atoms with E-state index in [-0.39, 0.29) is 30.3 Å². The molecule has 3 aromatic rings. The Morgan fingerprint density at radius 3 is 2.58 bits per heavy atom. The van der Waals surface area contributed by atoms with E-state index >= 15 is 0 Å². The van der Waals surface area contributed by atoms with Crippen molar-refractivity contribution in [1.82, 2.24) is 20.4 Å². The Labute approximate surface area is 190 Å². The third kappa shape index (κ3) is 6.19. The van der Waals surface area contributed by atoms with E-state index in [9.17, 15) is 4.79 Å². The first-order valence-corrected chi connectivity index (χ1v) is 10.9. The van der Waals surface area contributed by atoms with E-state index < -0.39 is 0 Å². The number of aromatic nitrogens is 2. The van der Waals surface area contributed by atoms with Crippen LogP contribution in [0.15, 0.2) is 52.9 Å². The molecular weight excluding hydrogens is 437 g/mol. The normalized spacial score (nSPS) is 15.0. The largest absolute Gasteiger partial charge is 0.407 e. The van der Waals surface area contributed by atoms with Gasteiger partial charge in [0.2, 0.25) is 11.8 Å². The Balaban J connectivity index is 1.21. The Hall–Kier alpha value is -2.61. The summed E-state index contributed by atoms with van der Waals surface area (Å²) in [5.74, 6) is 0.172. The number of likely N-dealkylation sites (tertiary alicyclic amines) is 1. The second-order valence-corrected chi connectivity index (χ2v) is 8.35. The van der Waals surface area contributed by atoms with Crippen molar-refractivity contribution < 1.29 is 9.21 Å². The lowest BCUT2D eigenvalue weighted by molar-refractivity contribution is -0.121. The molecule has 2 heterocycles. The fourth-order valence-electron chi connectivity index (χ4n) is 3.57. The van der Waals surface area contributed by atoms with Gasteiger partial charge < -0.3 is 15.1 Å². The van der Waals surface area contributed by atoms with Crippen molar-refractivity contribution in [1.29, 1.82) is 0 Å². The summed E-state index contributed by atoms with van der Waals surface area (Å²) in [4.78, 5) is 14.7. The molecule has 1 aliphatic rings. The van der Waals surface area contributed by atoms with Gasteiger partial charge in [0, 0.05) is 31.4 Å². The molecule has 1 amide bonds. The van der Waals surface area contributed by atoms with Gasteiger partial charge in [-0.15, -0.1) is 5.10 Å². The monoisotopic (exact) mass is 459 g/mol. The highest BCUT2D eigenvalue weighted by Gasteiger charge is 2.22. The molecular formula is C22H23Cl2N5O2. The Morgan fingerprint density at radius 1 is 1.06 bits per heavy atom. The molecule has 1 saturated heterocycles. The first-order chi connectivity index (χ1) is 15.0. The Kier molecular flexibility index (Phi) is 7.06. The molecule has 9 heteroatoms. The number of amides is 1. The fraction of sp³-hybridized carbons (Fsp3) is 0.318. The summed E-state index contributed by atoms with van der Waals surface area (Å²) < 4.78 is 5.53. The third-order valence-electron chi connectivity index (χ3n) is 5.15. The number of hydrogen-bond acceptors (Lipinski definition) is 6. The summed E-state index contributed by atoms with van der Waals surface area (Å²) in [6.45, 7) is 2.62. The molecule has 0 radical (unpaired) electrons. The van der Waals surface area contributed by atoms with Crippen molar-refractivity contribution in [2.24, 2.45) is 0 Å². The van der Waals surface area contributed by atoms with Gasteiger partial charge in [-0.1, -0.05) is 52.6 Å². The molecule has 0 spiro atoms. The molecule has 0 unspecified atom stereocenters. The highest BCUT2D eigenvalue weighted by Crippen LogP contribution is 2.24. The van der Waals surface area contributed by atoms with Crippen LogP contribution in [-0.4, -0.2) is 40.1 Å². The first-order valence-electron chi connectivity index (χ1n) is 10.2. The summed E-state index contributed by atoms with van der Waals surface area (Å²) in [7, 11) is 0. The van der Waals surface area contributed by atoms with E-state index in [1.807, 2.05) is 48.5 Å². The molecule has 1 fully saturated rings. The lowest BCUT2D eigenvalue weighted by Crippen LogP contribution is -2.44. The molecule has 0 saturated carbocycles. The molecule has 0 aliphatic carbocycles. The van der Waals surface area contributed by atoms with E-state index in [1.54, 1.807) is 0 Å². The highest BCUT2D eigenvalue weighted by atomic mass is 35.5. The van der Waals surface area contributed by atoms with E-state index in [1.165, 1.54) is 0 Å². The number of rotatable bonds is 7. The lowest BCUT2D eigenvalue weighted by Gasteiger charge is -2.32. The number of piperidine rings is 1. The first kappa shape index (κ1) is 21.6. The molecule has 1 aliphatic heterocycles. The summed E-state index contributed by atoms with van der Waals surface area (Å²) in [6.07, 6.45) is 1.84. The summed E-state index contributed by atoms with van der Waals surface area (Å²) >= 11 is 12.1. The molecule has 1 aromatic heterocycles. The zero-order valence-electron chi connectivity index (χ0n) is 16.9.